The average molecular weight is 337 g/mol. The highest BCUT2D eigenvalue weighted by molar-refractivity contribution is 5.72. The number of esters is 1. The zero-order valence-electron chi connectivity index (χ0n) is 13.4. The Labute approximate surface area is 144 Å². The Hall–Kier alpha value is -3.21. The van der Waals surface area contributed by atoms with Crippen LogP contribution >= 0.6 is 0 Å². The van der Waals surface area contributed by atoms with Gasteiger partial charge in [-0.15, -0.1) is 0 Å². The molecule has 126 valence electrons. The quantitative estimate of drug-likeness (QED) is 0.489. The maximum absolute atomic E-state index is 12.8. The van der Waals surface area contributed by atoms with E-state index in [0.29, 0.717) is 23.8 Å². The van der Waals surface area contributed by atoms with Crippen LogP contribution in [0.15, 0.2) is 72.9 Å². The fraction of sp³-hybridized carbons (Fsp3) is 0.100. The fourth-order valence-electron chi connectivity index (χ4n) is 2.18. The molecule has 0 amide bonds. The van der Waals surface area contributed by atoms with E-state index in [1.165, 1.54) is 12.1 Å². The first-order chi connectivity index (χ1) is 12.2. The van der Waals surface area contributed by atoms with Crippen LogP contribution in [0, 0.1) is 5.82 Å². The normalized spacial score (nSPS) is 10.3. The van der Waals surface area contributed by atoms with Crippen molar-refractivity contribution in [1.29, 1.82) is 0 Å². The molecule has 0 bridgehead atoms. The van der Waals surface area contributed by atoms with E-state index >= 15 is 0 Å². The highest BCUT2D eigenvalue weighted by Gasteiger charge is 2.06. The van der Waals surface area contributed by atoms with E-state index in [2.05, 4.69) is 4.98 Å². The van der Waals surface area contributed by atoms with Gasteiger partial charge >= 0.3 is 5.97 Å². The van der Waals surface area contributed by atoms with Gasteiger partial charge in [0.2, 0.25) is 5.88 Å². The van der Waals surface area contributed by atoms with Crippen molar-refractivity contribution >= 4 is 5.97 Å². The summed E-state index contributed by atoms with van der Waals surface area (Å²) in [5, 5.41) is 0. The number of ether oxygens (including phenoxy) is 2. The third-order valence-electron chi connectivity index (χ3n) is 3.45. The van der Waals surface area contributed by atoms with E-state index in [1.54, 1.807) is 54.7 Å². The number of halogens is 1. The molecule has 0 aliphatic rings. The van der Waals surface area contributed by atoms with Crippen LogP contribution in [-0.2, 0) is 11.2 Å². The first kappa shape index (κ1) is 16.6. The number of pyridine rings is 1. The molecule has 0 fully saturated rings. The van der Waals surface area contributed by atoms with Crippen molar-refractivity contribution in [2.75, 3.05) is 0 Å². The molecule has 0 N–H and O–H groups in total. The maximum atomic E-state index is 12.8. The zero-order valence-corrected chi connectivity index (χ0v) is 13.4. The number of aromatic nitrogens is 1. The number of rotatable bonds is 6. The lowest BCUT2D eigenvalue weighted by atomic mass is 10.1. The van der Waals surface area contributed by atoms with Gasteiger partial charge in [-0.3, -0.25) is 4.79 Å². The molecular weight excluding hydrogens is 321 g/mol. The molecule has 0 aliphatic heterocycles. The number of nitrogens with zero attached hydrogens (tertiary/aromatic N) is 1. The van der Waals surface area contributed by atoms with E-state index in [4.69, 9.17) is 9.47 Å². The molecule has 0 aliphatic carbocycles. The minimum atomic E-state index is -0.345. The Morgan fingerprint density at radius 1 is 0.920 bits per heavy atom. The van der Waals surface area contributed by atoms with Crippen molar-refractivity contribution in [3.8, 4) is 17.4 Å². The Morgan fingerprint density at radius 3 is 2.32 bits per heavy atom. The van der Waals surface area contributed by atoms with Gasteiger partial charge in [-0.05, 0) is 54.4 Å². The number of carbonyl (C=O) groups excluding carboxylic acids is 1. The number of benzene rings is 2. The molecule has 0 saturated carbocycles. The predicted octanol–water partition coefficient (Wildman–Crippen LogP) is 4.55. The zero-order chi connectivity index (χ0) is 17.5. The lowest BCUT2D eigenvalue weighted by molar-refractivity contribution is -0.134. The van der Waals surface area contributed by atoms with Crippen LogP contribution in [0.3, 0.4) is 0 Å². The topological polar surface area (TPSA) is 48.4 Å². The van der Waals surface area contributed by atoms with Crippen molar-refractivity contribution in [3.63, 3.8) is 0 Å². The molecular formula is C20H16FNO3. The molecule has 1 heterocycles. The summed E-state index contributed by atoms with van der Waals surface area (Å²) in [7, 11) is 0. The Bertz CT molecular complexity index is 818. The number of hydrogen-bond donors (Lipinski definition) is 0. The van der Waals surface area contributed by atoms with Gasteiger partial charge in [-0.25, -0.2) is 9.37 Å². The third kappa shape index (κ3) is 5.14. The Kier molecular flexibility index (Phi) is 5.36. The largest absolute Gasteiger partial charge is 0.439 e. The van der Waals surface area contributed by atoms with Gasteiger partial charge in [0.05, 0.1) is 0 Å². The lowest BCUT2D eigenvalue weighted by Crippen LogP contribution is -2.09. The van der Waals surface area contributed by atoms with Crippen LogP contribution in [0.2, 0.25) is 0 Å². The second kappa shape index (κ2) is 8.06. The van der Waals surface area contributed by atoms with E-state index in [0.717, 1.165) is 5.56 Å². The molecule has 3 rings (SSSR count). The molecule has 0 radical (unpaired) electrons. The smallest absolute Gasteiger partial charge is 0.311 e. The van der Waals surface area contributed by atoms with Gasteiger partial charge in [-0.2, -0.15) is 0 Å². The number of aryl methyl sites for hydroxylation is 1. The summed E-state index contributed by atoms with van der Waals surface area (Å²) in [5.41, 5.74) is 0.887. The Balaban J connectivity index is 1.50. The second-order valence-corrected chi connectivity index (χ2v) is 5.34. The standard InChI is InChI=1S/C20H16FNO3/c21-16-7-4-15(5-8-16)6-13-20(23)25-18-11-9-17(10-12-18)24-19-3-1-2-14-22-19/h1-5,7-12,14H,6,13H2. The highest BCUT2D eigenvalue weighted by Crippen LogP contribution is 2.22. The van der Waals surface area contributed by atoms with Crippen LogP contribution in [0.4, 0.5) is 4.39 Å². The first-order valence-electron chi connectivity index (χ1n) is 7.83. The van der Waals surface area contributed by atoms with Crippen LogP contribution < -0.4 is 9.47 Å². The van der Waals surface area contributed by atoms with Crippen LogP contribution in [0.5, 0.6) is 17.4 Å². The van der Waals surface area contributed by atoms with Gasteiger partial charge in [0.15, 0.2) is 0 Å². The molecule has 0 spiro atoms. The minimum absolute atomic E-state index is 0.220. The fourth-order valence-corrected chi connectivity index (χ4v) is 2.18. The number of hydrogen-bond acceptors (Lipinski definition) is 4. The summed E-state index contributed by atoms with van der Waals surface area (Å²) in [6.07, 6.45) is 2.37. The monoisotopic (exact) mass is 337 g/mol. The van der Waals surface area contributed by atoms with Crippen LogP contribution in [0.1, 0.15) is 12.0 Å². The third-order valence-corrected chi connectivity index (χ3v) is 3.45. The van der Waals surface area contributed by atoms with Gasteiger partial charge in [-0.1, -0.05) is 18.2 Å². The summed E-state index contributed by atoms with van der Waals surface area (Å²) < 4.78 is 23.7. The summed E-state index contributed by atoms with van der Waals surface area (Å²) in [4.78, 5) is 16.0. The van der Waals surface area contributed by atoms with Crippen LogP contribution in [-0.4, -0.2) is 11.0 Å². The first-order valence-corrected chi connectivity index (χ1v) is 7.83. The molecule has 1 aromatic heterocycles. The van der Waals surface area contributed by atoms with E-state index in [-0.39, 0.29) is 18.2 Å². The molecule has 0 atom stereocenters. The summed E-state index contributed by atoms with van der Waals surface area (Å²) in [6, 6.07) is 18.2. The SMILES string of the molecule is O=C(CCc1ccc(F)cc1)Oc1ccc(Oc2ccccn2)cc1. The van der Waals surface area contributed by atoms with Crippen molar-refractivity contribution in [1.82, 2.24) is 4.98 Å². The predicted molar refractivity (Wildman–Crippen MR) is 91.1 cm³/mol. The highest BCUT2D eigenvalue weighted by atomic mass is 19.1. The van der Waals surface area contributed by atoms with E-state index < -0.39 is 0 Å². The summed E-state index contributed by atoms with van der Waals surface area (Å²) >= 11 is 0. The molecule has 0 saturated heterocycles. The van der Waals surface area contributed by atoms with Crippen molar-refractivity contribution in [3.05, 3.63) is 84.3 Å². The van der Waals surface area contributed by atoms with Crippen molar-refractivity contribution in [2.24, 2.45) is 0 Å². The minimum Gasteiger partial charge on any atom is -0.439 e. The number of carbonyl (C=O) groups is 1. The molecule has 25 heavy (non-hydrogen) atoms. The van der Waals surface area contributed by atoms with Gasteiger partial charge in [0.1, 0.15) is 17.3 Å². The lowest BCUT2D eigenvalue weighted by Gasteiger charge is -2.07. The van der Waals surface area contributed by atoms with Crippen molar-refractivity contribution < 1.29 is 18.7 Å². The van der Waals surface area contributed by atoms with E-state index in [9.17, 15) is 9.18 Å². The Morgan fingerprint density at radius 2 is 1.64 bits per heavy atom. The molecule has 2 aromatic carbocycles. The molecule has 5 heteroatoms. The van der Waals surface area contributed by atoms with Crippen LogP contribution in [0.25, 0.3) is 0 Å². The molecule has 0 unspecified atom stereocenters. The molecule has 4 nitrogen and oxygen atoms in total. The second-order valence-electron chi connectivity index (χ2n) is 5.34. The van der Waals surface area contributed by atoms with Gasteiger partial charge in [0, 0.05) is 18.7 Å². The summed E-state index contributed by atoms with van der Waals surface area (Å²) in [6.45, 7) is 0. The maximum Gasteiger partial charge on any atom is 0.311 e. The average Bonchev–Trinajstić information content (AvgIpc) is 2.64. The van der Waals surface area contributed by atoms with Gasteiger partial charge < -0.3 is 9.47 Å². The molecule has 3 aromatic rings. The van der Waals surface area contributed by atoms with E-state index in [1.807, 2.05) is 6.07 Å². The van der Waals surface area contributed by atoms with Gasteiger partial charge in [0.25, 0.3) is 0 Å². The van der Waals surface area contributed by atoms with Crippen molar-refractivity contribution in [2.45, 2.75) is 12.8 Å². The summed E-state index contributed by atoms with van der Waals surface area (Å²) in [5.74, 6) is 0.899.